The second-order valence-electron chi connectivity index (χ2n) is 4.10. The molecule has 2 N–H and O–H groups in total. The number of benzene rings is 1. The lowest BCUT2D eigenvalue weighted by Crippen LogP contribution is -2.15. The molecule has 0 aliphatic heterocycles. The molecule has 0 saturated carbocycles. The van der Waals surface area contributed by atoms with E-state index in [1.165, 1.54) is 13.3 Å². The Bertz CT molecular complexity index is 713. The average molecular weight is 294 g/mol. The predicted octanol–water partition coefficient (Wildman–Crippen LogP) is 2.32. The van der Waals surface area contributed by atoms with Crippen LogP contribution in [0.1, 0.15) is 16.1 Å². The van der Waals surface area contributed by atoms with Crippen LogP contribution in [0.25, 0.3) is 0 Å². The molecule has 0 aliphatic rings. The summed E-state index contributed by atoms with van der Waals surface area (Å²) in [6, 6.07) is 1.64. The number of nitrogens with one attached hydrogen (secondary N) is 2. The van der Waals surface area contributed by atoms with Crippen molar-refractivity contribution in [2.75, 3.05) is 17.7 Å². The zero-order chi connectivity index (χ0) is 15.6. The lowest BCUT2D eigenvalue weighted by atomic mass is 10.1. The maximum Gasteiger partial charge on any atom is 0.301 e. The highest BCUT2D eigenvalue weighted by molar-refractivity contribution is 6.06. The molecule has 1 heterocycles. The maximum atomic E-state index is 13.6. The number of nitrogens with zero attached hydrogens (tertiary/aromatic N) is 2. The fourth-order valence-electron chi connectivity index (χ4n) is 1.66. The van der Waals surface area contributed by atoms with E-state index in [9.17, 15) is 19.3 Å². The summed E-state index contributed by atoms with van der Waals surface area (Å²) in [5.74, 6) is -1.65. The number of rotatable bonds is 4. The number of carbonyl (C=O) groups excluding carboxylic acids is 1. The van der Waals surface area contributed by atoms with E-state index in [0.29, 0.717) is 11.8 Å². The van der Waals surface area contributed by atoms with Crippen LogP contribution in [0.4, 0.5) is 21.8 Å². The number of oxazole rings is 1. The Balaban J connectivity index is 2.40. The zero-order valence-electron chi connectivity index (χ0n) is 11.1. The molecule has 21 heavy (non-hydrogen) atoms. The van der Waals surface area contributed by atoms with Gasteiger partial charge in [0.1, 0.15) is 11.8 Å². The van der Waals surface area contributed by atoms with Gasteiger partial charge in [0, 0.05) is 7.05 Å². The van der Waals surface area contributed by atoms with Crippen molar-refractivity contribution < 1.29 is 18.5 Å². The first kappa shape index (κ1) is 14.4. The summed E-state index contributed by atoms with van der Waals surface area (Å²) in [5, 5.41) is 15.7. The lowest BCUT2D eigenvalue weighted by Gasteiger charge is -2.07. The van der Waals surface area contributed by atoms with Gasteiger partial charge in [-0.25, -0.2) is 4.39 Å². The van der Waals surface area contributed by atoms with Crippen LogP contribution in [0.2, 0.25) is 0 Å². The van der Waals surface area contributed by atoms with Crippen LogP contribution in [0.15, 0.2) is 22.8 Å². The standard InChI is InChI=1S/C12H11FN4O4/c1-6-5-21-12(15-6)16-11(18)7-3-9(14-2)8(13)4-10(7)17(19)20/h3-5,14H,1-2H3,(H,15,16,18). The largest absolute Gasteiger partial charge is 0.432 e. The zero-order valence-corrected chi connectivity index (χ0v) is 11.1. The number of aryl methyl sites for hydroxylation is 1. The van der Waals surface area contributed by atoms with Gasteiger partial charge < -0.3 is 9.73 Å². The van der Waals surface area contributed by atoms with Crippen molar-refractivity contribution in [3.05, 3.63) is 45.6 Å². The summed E-state index contributed by atoms with van der Waals surface area (Å²) >= 11 is 0. The Morgan fingerprint density at radius 2 is 2.19 bits per heavy atom. The predicted molar refractivity (Wildman–Crippen MR) is 71.8 cm³/mol. The average Bonchev–Trinajstić information content (AvgIpc) is 2.83. The van der Waals surface area contributed by atoms with Gasteiger partial charge in [-0.1, -0.05) is 0 Å². The summed E-state index contributed by atoms with van der Waals surface area (Å²) in [5.41, 5.74) is -0.446. The van der Waals surface area contributed by atoms with Gasteiger partial charge >= 0.3 is 6.01 Å². The van der Waals surface area contributed by atoms with E-state index in [1.54, 1.807) is 6.92 Å². The molecule has 0 aliphatic carbocycles. The van der Waals surface area contributed by atoms with Crippen LogP contribution < -0.4 is 10.6 Å². The van der Waals surface area contributed by atoms with Crippen molar-refractivity contribution >= 4 is 23.3 Å². The van der Waals surface area contributed by atoms with Crippen LogP contribution in [-0.2, 0) is 0 Å². The van der Waals surface area contributed by atoms with E-state index in [0.717, 1.165) is 6.07 Å². The second-order valence-corrected chi connectivity index (χ2v) is 4.10. The second kappa shape index (κ2) is 5.57. The van der Waals surface area contributed by atoms with Gasteiger partial charge in [0.2, 0.25) is 0 Å². The SMILES string of the molecule is CNc1cc(C(=O)Nc2nc(C)co2)c([N+](=O)[O-])cc1F. The van der Waals surface area contributed by atoms with Gasteiger partial charge in [-0.05, 0) is 13.0 Å². The molecule has 0 saturated heterocycles. The fourth-order valence-corrected chi connectivity index (χ4v) is 1.66. The third kappa shape index (κ3) is 2.96. The first-order valence-corrected chi connectivity index (χ1v) is 5.81. The number of aromatic nitrogens is 1. The number of hydrogen-bond acceptors (Lipinski definition) is 6. The minimum atomic E-state index is -0.835. The molecule has 0 radical (unpaired) electrons. The van der Waals surface area contributed by atoms with Crippen LogP contribution in [0.5, 0.6) is 0 Å². The van der Waals surface area contributed by atoms with Crippen molar-refractivity contribution in [2.45, 2.75) is 6.92 Å². The fraction of sp³-hybridized carbons (Fsp3) is 0.167. The van der Waals surface area contributed by atoms with Crippen LogP contribution >= 0.6 is 0 Å². The monoisotopic (exact) mass is 294 g/mol. The molecular weight excluding hydrogens is 283 g/mol. The lowest BCUT2D eigenvalue weighted by molar-refractivity contribution is -0.385. The van der Waals surface area contributed by atoms with Crippen molar-refractivity contribution in [1.82, 2.24) is 4.98 Å². The van der Waals surface area contributed by atoms with Crippen molar-refractivity contribution in [3.8, 4) is 0 Å². The first-order chi connectivity index (χ1) is 9.92. The summed E-state index contributed by atoms with van der Waals surface area (Å²) < 4.78 is 18.5. The molecular formula is C12H11FN4O4. The maximum absolute atomic E-state index is 13.6. The number of amides is 1. The van der Waals surface area contributed by atoms with Gasteiger partial charge in [0.05, 0.1) is 22.4 Å². The van der Waals surface area contributed by atoms with E-state index in [-0.39, 0.29) is 17.3 Å². The summed E-state index contributed by atoms with van der Waals surface area (Å²) in [4.78, 5) is 26.0. The smallest absolute Gasteiger partial charge is 0.301 e. The molecule has 0 spiro atoms. The normalized spacial score (nSPS) is 10.2. The molecule has 0 unspecified atom stereocenters. The number of hydrogen-bond donors (Lipinski definition) is 2. The topological polar surface area (TPSA) is 110 Å². The van der Waals surface area contributed by atoms with E-state index in [1.807, 2.05) is 0 Å². The number of nitro groups is 1. The number of carbonyl (C=O) groups is 1. The number of halogens is 1. The molecule has 2 rings (SSSR count). The summed E-state index contributed by atoms with van der Waals surface area (Å²) in [6.45, 7) is 1.65. The molecule has 9 heteroatoms. The van der Waals surface area contributed by atoms with E-state index in [2.05, 4.69) is 15.6 Å². The summed E-state index contributed by atoms with van der Waals surface area (Å²) in [7, 11) is 1.43. The highest BCUT2D eigenvalue weighted by atomic mass is 19.1. The van der Waals surface area contributed by atoms with Crippen LogP contribution in [0, 0.1) is 22.9 Å². The van der Waals surface area contributed by atoms with Crippen molar-refractivity contribution in [1.29, 1.82) is 0 Å². The van der Waals surface area contributed by atoms with Gasteiger partial charge in [-0.2, -0.15) is 4.98 Å². The van der Waals surface area contributed by atoms with E-state index < -0.39 is 22.3 Å². The molecule has 0 bridgehead atoms. The molecule has 2 aromatic rings. The van der Waals surface area contributed by atoms with Crippen LogP contribution in [0.3, 0.4) is 0 Å². The van der Waals surface area contributed by atoms with Gasteiger partial charge in [-0.15, -0.1) is 0 Å². The molecule has 110 valence electrons. The highest BCUT2D eigenvalue weighted by Crippen LogP contribution is 2.26. The number of anilines is 2. The molecule has 0 atom stereocenters. The Morgan fingerprint density at radius 3 is 2.71 bits per heavy atom. The minimum absolute atomic E-state index is 0.0330. The van der Waals surface area contributed by atoms with Crippen LogP contribution in [-0.4, -0.2) is 22.9 Å². The van der Waals surface area contributed by atoms with E-state index in [4.69, 9.17) is 4.42 Å². The van der Waals surface area contributed by atoms with Crippen molar-refractivity contribution in [3.63, 3.8) is 0 Å². The molecule has 1 aromatic carbocycles. The van der Waals surface area contributed by atoms with E-state index >= 15 is 0 Å². The molecule has 0 fully saturated rings. The Hall–Kier alpha value is -2.97. The first-order valence-electron chi connectivity index (χ1n) is 5.81. The van der Waals surface area contributed by atoms with Gasteiger partial charge in [-0.3, -0.25) is 20.2 Å². The number of nitro benzene ring substituents is 1. The molecule has 1 amide bonds. The quantitative estimate of drug-likeness (QED) is 0.661. The molecule has 8 nitrogen and oxygen atoms in total. The Labute approximate surface area is 118 Å². The third-order valence-electron chi connectivity index (χ3n) is 2.64. The van der Waals surface area contributed by atoms with Crippen molar-refractivity contribution in [2.24, 2.45) is 0 Å². The summed E-state index contributed by atoms with van der Waals surface area (Å²) in [6.07, 6.45) is 1.31. The van der Waals surface area contributed by atoms with Gasteiger partial charge in [0.15, 0.2) is 5.82 Å². The highest BCUT2D eigenvalue weighted by Gasteiger charge is 2.24. The third-order valence-corrected chi connectivity index (χ3v) is 2.64. The Kier molecular flexibility index (Phi) is 3.83. The van der Waals surface area contributed by atoms with Gasteiger partial charge in [0.25, 0.3) is 11.6 Å². The molecule has 1 aromatic heterocycles. The minimum Gasteiger partial charge on any atom is -0.432 e. The Morgan fingerprint density at radius 1 is 1.48 bits per heavy atom.